The Morgan fingerprint density at radius 1 is 1.16 bits per heavy atom. The van der Waals surface area contributed by atoms with Gasteiger partial charge in [0.15, 0.2) is 16.6 Å². The van der Waals surface area contributed by atoms with Crippen molar-refractivity contribution in [1.29, 1.82) is 5.26 Å². The molecule has 1 aromatic carbocycles. The van der Waals surface area contributed by atoms with E-state index in [-0.39, 0.29) is 12.9 Å². The summed E-state index contributed by atoms with van der Waals surface area (Å²) in [6.45, 7) is 5.05. The summed E-state index contributed by atoms with van der Waals surface area (Å²) in [7, 11) is 0. The average molecular weight is 440 g/mol. The van der Waals surface area contributed by atoms with Crippen LogP contribution in [0.5, 0.6) is 11.5 Å². The molecule has 0 radical (unpaired) electrons. The highest BCUT2D eigenvalue weighted by atomic mass is 32.1. The van der Waals surface area contributed by atoms with Crippen molar-refractivity contribution in [3.8, 4) is 17.6 Å². The van der Waals surface area contributed by atoms with E-state index in [1.807, 2.05) is 18.2 Å². The lowest BCUT2D eigenvalue weighted by molar-refractivity contribution is 0.113. The highest BCUT2D eigenvalue weighted by Gasteiger charge is 2.23. The largest absolute Gasteiger partial charge is 0.454 e. The lowest BCUT2D eigenvalue weighted by Gasteiger charge is -2.26. The Morgan fingerprint density at radius 3 is 2.84 bits per heavy atom. The molecule has 0 spiro atoms. The highest BCUT2D eigenvalue weighted by molar-refractivity contribution is 7.80. The van der Waals surface area contributed by atoms with Gasteiger partial charge in [0, 0.05) is 50.8 Å². The van der Waals surface area contributed by atoms with Crippen LogP contribution in [0.25, 0.3) is 10.9 Å². The van der Waals surface area contributed by atoms with E-state index >= 15 is 0 Å². The number of hydrogen-bond donors (Lipinski definition) is 1. The number of nitriles is 1. The Bertz CT molecular complexity index is 1030. The SMILES string of the molecule is N#Cc1cc2cc3c(cc2nc1N1CCCN(C(=S)NCC2CCCO2)CC1)OCO3. The first-order valence-corrected chi connectivity index (χ1v) is 11.2. The van der Waals surface area contributed by atoms with Crippen LogP contribution in [-0.4, -0.2) is 67.2 Å². The van der Waals surface area contributed by atoms with E-state index in [0.717, 1.165) is 74.6 Å². The third-order valence-electron chi connectivity index (χ3n) is 6.00. The summed E-state index contributed by atoms with van der Waals surface area (Å²) in [5.74, 6) is 2.11. The predicted octanol–water partition coefficient (Wildman–Crippen LogP) is 2.40. The number of fused-ring (bicyclic) bond motifs is 2. The fourth-order valence-corrected chi connectivity index (χ4v) is 4.59. The molecule has 162 valence electrons. The van der Waals surface area contributed by atoms with Gasteiger partial charge in [-0.25, -0.2) is 4.98 Å². The van der Waals surface area contributed by atoms with Crippen LogP contribution < -0.4 is 19.7 Å². The van der Waals surface area contributed by atoms with Crippen LogP contribution >= 0.6 is 12.2 Å². The van der Waals surface area contributed by atoms with Crippen LogP contribution in [0.3, 0.4) is 0 Å². The van der Waals surface area contributed by atoms with Gasteiger partial charge in [-0.15, -0.1) is 0 Å². The van der Waals surface area contributed by atoms with E-state index in [2.05, 4.69) is 21.2 Å². The van der Waals surface area contributed by atoms with Crippen LogP contribution in [0.1, 0.15) is 24.8 Å². The zero-order valence-corrected chi connectivity index (χ0v) is 18.1. The lowest BCUT2D eigenvalue weighted by Crippen LogP contribution is -2.44. The molecule has 0 amide bonds. The van der Waals surface area contributed by atoms with Gasteiger partial charge in [0.2, 0.25) is 6.79 Å². The number of rotatable bonds is 3. The molecule has 2 fully saturated rings. The van der Waals surface area contributed by atoms with E-state index in [1.54, 1.807) is 0 Å². The van der Waals surface area contributed by atoms with E-state index in [9.17, 15) is 5.26 Å². The minimum atomic E-state index is 0.215. The average Bonchev–Trinajstić information content (AvgIpc) is 3.41. The third kappa shape index (κ3) is 4.18. The van der Waals surface area contributed by atoms with Gasteiger partial charge in [-0.1, -0.05) is 0 Å². The molecular weight excluding hydrogens is 414 g/mol. The summed E-state index contributed by atoms with van der Waals surface area (Å²) < 4.78 is 16.6. The van der Waals surface area contributed by atoms with E-state index in [1.165, 1.54) is 0 Å². The van der Waals surface area contributed by atoms with Crippen LogP contribution in [0, 0.1) is 11.3 Å². The Labute approximate surface area is 186 Å². The summed E-state index contributed by atoms with van der Waals surface area (Å²) in [5.41, 5.74) is 1.37. The standard InChI is InChI=1S/C22H25N5O3S/c23-12-16-9-15-10-19-20(30-14-29-19)11-18(15)25-21(16)26-4-2-5-27(7-6-26)22(31)24-13-17-3-1-8-28-17/h9-11,17H,1-8,13-14H2,(H,24,31). The lowest BCUT2D eigenvalue weighted by atomic mass is 10.1. The number of nitrogens with one attached hydrogen (secondary N) is 1. The zero-order chi connectivity index (χ0) is 21.2. The molecule has 1 aromatic heterocycles. The second-order valence-corrected chi connectivity index (χ2v) is 8.40. The van der Waals surface area contributed by atoms with Crippen molar-refractivity contribution in [2.45, 2.75) is 25.4 Å². The molecule has 1 N–H and O–H groups in total. The molecular formula is C22H25N5O3S. The molecule has 1 atom stereocenters. The van der Waals surface area contributed by atoms with Gasteiger partial charge in [-0.3, -0.25) is 0 Å². The maximum atomic E-state index is 9.76. The van der Waals surface area contributed by atoms with Crippen LogP contribution in [-0.2, 0) is 4.74 Å². The Kier molecular flexibility index (Phi) is 5.66. The molecule has 1 unspecified atom stereocenters. The smallest absolute Gasteiger partial charge is 0.231 e. The molecule has 0 bridgehead atoms. The Hall–Kier alpha value is -2.83. The molecule has 3 aliphatic heterocycles. The summed E-state index contributed by atoms with van der Waals surface area (Å²) in [6, 6.07) is 7.97. The first kappa shape index (κ1) is 20.1. The third-order valence-corrected chi connectivity index (χ3v) is 6.40. The number of benzene rings is 1. The van der Waals surface area contributed by atoms with Crippen LogP contribution in [0.4, 0.5) is 5.82 Å². The fourth-order valence-electron chi connectivity index (χ4n) is 4.33. The predicted molar refractivity (Wildman–Crippen MR) is 121 cm³/mol. The second kappa shape index (κ2) is 8.73. The minimum absolute atomic E-state index is 0.215. The highest BCUT2D eigenvalue weighted by Crippen LogP contribution is 2.37. The maximum absolute atomic E-state index is 9.76. The summed E-state index contributed by atoms with van der Waals surface area (Å²) >= 11 is 5.63. The Balaban J connectivity index is 1.30. The number of thiocarbonyl (C=S) groups is 1. The van der Waals surface area contributed by atoms with Crippen LogP contribution in [0.15, 0.2) is 18.2 Å². The molecule has 2 aromatic rings. The van der Waals surface area contributed by atoms with Gasteiger partial charge in [-0.2, -0.15) is 5.26 Å². The summed E-state index contributed by atoms with van der Waals surface area (Å²) in [5, 5.41) is 14.8. The van der Waals surface area contributed by atoms with Crippen LogP contribution in [0.2, 0.25) is 0 Å². The van der Waals surface area contributed by atoms with Gasteiger partial charge >= 0.3 is 0 Å². The second-order valence-electron chi connectivity index (χ2n) is 8.02. The van der Waals surface area contributed by atoms with Gasteiger partial charge in [0.05, 0.1) is 17.2 Å². The molecule has 4 heterocycles. The quantitative estimate of drug-likeness (QED) is 0.725. The van der Waals surface area contributed by atoms with E-state index in [0.29, 0.717) is 22.9 Å². The maximum Gasteiger partial charge on any atom is 0.231 e. The minimum Gasteiger partial charge on any atom is -0.454 e. The molecule has 8 nitrogen and oxygen atoms in total. The zero-order valence-electron chi connectivity index (χ0n) is 17.3. The van der Waals surface area contributed by atoms with Gasteiger partial charge in [-0.05, 0) is 43.6 Å². The molecule has 3 aliphatic rings. The number of pyridine rings is 1. The molecule has 31 heavy (non-hydrogen) atoms. The number of ether oxygens (including phenoxy) is 3. The topological polar surface area (TPSA) is 82.9 Å². The van der Waals surface area contributed by atoms with E-state index < -0.39 is 0 Å². The normalized spacial score (nSPS) is 20.5. The first-order chi connectivity index (χ1) is 15.2. The van der Waals surface area contributed by atoms with Gasteiger partial charge in [0.25, 0.3) is 0 Å². The monoisotopic (exact) mass is 439 g/mol. The van der Waals surface area contributed by atoms with Crippen molar-refractivity contribution in [2.24, 2.45) is 0 Å². The summed E-state index contributed by atoms with van der Waals surface area (Å²) in [6.07, 6.45) is 3.42. The number of hydrogen-bond acceptors (Lipinski definition) is 7. The molecule has 0 aliphatic carbocycles. The van der Waals surface area contributed by atoms with Crippen molar-refractivity contribution >= 4 is 34.1 Å². The molecule has 5 rings (SSSR count). The van der Waals surface area contributed by atoms with Gasteiger partial charge in [0.1, 0.15) is 11.9 Å². The Morgan fingerprint density at radius 2 is 2.03 bits per heavy atom. The van der Waals surface area contributed by atoms with Crippen molar-refractivity contribution in [3.05, 3.63) is 23.8 Å². The first-order valence-electron chi connectivity index (χ1n) is 10.7. The number of nitrogens with zero attached hydrogens (tertiary/aromatic N) is 4. The molecule has 9 heteroatoms. The van der Waals surface area contributed by atoms with E-state index in [4.69, 9.17) is 31.4 Å². The summed E-state index contributed by atoms with van der Waals surface area (Å²) in [4.78, 5) is 9.22. The molecule has 2 saturated heterocycles. The van der Waals surface area contributed by atoms with Crippen molar-refractivity contribution < 1.29 is 14.2 Å². The fraction of sp³-hybridized carbons (Fsp3) is 0.500. The molecule has 0 saturated carbocycles. The van der Waals surface area contributed by atoms with Crippen molar-refractivity contribution in [3.63, 3.8) is 0 Å². The number of anilines is 1. The van der Waals surface area contributed by atoms with Crippen molar-refractivity contribution in [2.75, 3.05) is 51.0 Å². The van der Waals surface area contributed by atoms with Crippen molar-refractivity contribution in [1.82, 2.24) is 15.2 Å². The van der Waals surface area contributed by atoms with Gasteiger partial charge < -0.3 is 29.3 Å². The number of aromatic nitrogens is 1.